The van der Waals surface area contributed by atoms with Crippen LogP contribution in [0.2, 0.25) is 0 Å². The van der Waals surface area contributed by atoms with Crippen molar-refractivity contribution in [2.75, 3.05) is 5.32 Å². The summed E-state index contributed by atoms with van der Waals surface area (Å²) in [6.45, 7) is 9.69. The molecule has 0 bridgehead atoms. The van der Waals surface area contributed by atoms with Crippen LogP contribution in [0.1, 0.15) is 36.4 Å². The zero-order chi connectivity index (χ0) is 20.3. The van der Waals surface area contributed by atoms with Crippen molar-refractivity contribution in [3.8, 4) is 0 Å². The molecule has 1 aromatic carbocycles. The van der Waals surface area contributed by atoms with E-state index in [1.54, 1.807) is 11.0 Å². The lowest BCUT2D eigenvalue weighted by atomic mass is 10.1. The molecule has 0 aliphatic carbocycles. The van der Waals surface area contributed by atoms with Gasteiger partial charge in [-0.3, -0.25) is 14.8 Å². The minimum atomic E-state index is -0.142. The quantitative estimate of drug-likeness (QED) is 0.601. The highest BCUT2D eigenvalue weighted by Crippen LogP contribution is 2.16. The molecule has 8 heteroatoms. The minimum Gasteiger partial charge on any atom is -0.293 e. The highest BCUT2D eigenvalue weighted by molar-refractivity contribution is 9.10. The predicted octanol–water partition coefficient (Wildman–Crippen LogP) is 3.74. The molecule has 148 valence electrons. The van der Waals surface area contributed by atoms with Crippen molar-refractivity contribution in [2.24, 2.45) is 5.92 Å². The Morgan fingerprint density at radius 3 is 2.57 bits per heavy atom. The van der Waals surface area contributed by atoms with Crippen LogP contribution in [-0.4, -0.2) is 30.5 Å². The van der Waals surface area contributed by atoms with Crippen LogP contribution in [0.25, 0.3) is 0 Å². The summed E-state index contributed by atoms with van der Waals surface area (Å²) in [6.07, 6.45) is 1.88. The second kappa shape index (κ2) is 8.68. The maximum Gasteiger partial charge on any atom is 0.248 e. The van der Waals surface area contributed by atoms with Gasteiger partial charge < -0.3 is 0 Å². The molecular formula is C20H25BrN6O. The summed E-state index contributed by atoms with van der Waals surface area (Å²) in [5.41, 5.74) is 4.00. The number of rotatable bonds is 7. The molecule has 0 saturated heterocycles. The van der Waals surface area contributed by atoms with E-state index in [4.69, 9.17) is 0 Å². The van der Waals surface area contributed by atoms with E-state index in [9.17, 15) is 4.79 Å². The Morgan fingerprint density at radius 1 is 1.18 bits per heavy atom. The number of amides is 1. The van der Waals surface area contributed by atoms with E-state index in [1.165, 1.54) is 0 Å². The molecular weight excluding hydrogens is 420 g/mol. The fourth-order valence-corrected chi connectivity index (χ4v) is 3.31. The summed E-state index contributed by atoms with van der Waals surface area (Å²) in [4.78, 5) is 16.7. The first kappa shape index (κ1) is 20.3. The van der Waals surface area contributed by atoms with Crippen molar-refractivity contribution in [1.82, 2.24) is 24.5 Å². The number of carbonyl (C=O) groups is 1. The van der Waals surface area contributed by atoms with Crippen molar-refractivity contribution >= 4 is 27.8 Å². The summed E-state index contributed by atoms with van der Waals surface area (Å²) in [7, 11) is 0. The van der Waals surface area contributed by atoms with Gasteiger partial charge in [0.2, 0.25) is 11.9 Å². The number of nitrogens with zero attached hydrogens (tertiary/aromatic N) is 5. The third-order valence-corrected chi connectivity index (χ3v) is 4.98. The number of halogens is 1. The lowest BCUT2D eigenvalue weighted by Crippen LogP contribution is -2.17. The van der Waals surface area contributed by atoms with Crippen molar-refractivity contribution in [1.29, 1.82) is 0 Å². The number of hydrogen-bond acceptors (Lipinski definition) is 4. The van der Waals surface area contributed by atoms with Crippen LogP contribution in [0.15, 0.2) is 35.1 Å². The van der Waals surface area contributed by atoms with Gasteiger partial charge in [-0.2, -0.15) is 5.10 Å². The molecule has 0 saturated carbocycles. The maximum absolute atomic E-state index is 12.5. The molecule has 0 spiro atoms. The third kappa shape index (κ3) is 5.07. The van der Waals surface area contributed by atoms with Crippen molar-refractivity contribution in [3.63, 3.8) is 0 Å². The zero-order valence-corrected chi connectivity index (χ0v) is 18.2. The molecule has 0 aliphatic heterocycles. The van der Waals surface area contributed by atoms with Crippen LogP contribution in [-0.2, 0) is 24.3 Å². The average molecular weight is 445 g/mol. The van der Waals surface area contributed by atoms with Gasteiger partial charge in [0.1, 0.15) is 6.33 Å². The zero-order valence-electron chi connectivity index (χ0n) is 16.6. The van der Waals surface area contributed by atoms with Crippen LogP contribution in [0.3, 0.4) is 0 Å². The highest BCUT2D eigenvalue weighted by atomic mass is 79.9. The Kier molecular flexibility index (Phi) is 6.28. The molecule has 0 unspecified atom stereocenters. The Hall–Kier alpha value is -2.48. The van der Waals surface area contributed by atoms with Gasteiger partial charge in [-0.25, -0.2) is 9.67 Å². The molecule has 2 heterocycles. The highest BCUT2D eigenvalue weighted by Gasteiger charge is 2.16. The SMILES string of the molecule is Cc1nn(CC(C)C)c(C)c1CC(=O)Nc1ncn(Cc2ccc(Br)cc2)n1. The molecule has 1 N–H and O–H groups in total. The predicted molar refractivity (Wildman–Crippen MR) is 112 cm³/mol. The molecule has 0 fully saturated rings. The van der Waals surface area contributed by atoms with Crippen LogP contribution >= 0.6 is 15.9 Å². The normalized spacial score (nSPS) is 11.2. The minimum absolute atomic E-state index is 0.142. The number of hydrogen-bond donors (Lipinski definition) is 1. The van der Waals surface area contributed by atoms with Gasteiger partial charge in [-0.1, -0.05) is 41.9 Å². The van der Waals surface area contributed by atoms with Crippen molar-refractivity contribution < 1.29 is 4.79 Å². The second-order valence-corrected chi connectivity index (χ2v) is 8.26. The Labute approximate surface area is 173 Å². The van der Waals surface area contributed by atoms with E-state index < -0.39 is 0 Å². The average Bonchev–Trinajstić information content (AvgIpc) is 3.16. The van der Waals surface area contributed by atoms with Crippen LogP contribution in [0.4, 0.5) is 5.95 Å². The van der Waals surface area contributed by atoms with E-state index in [-0.39, 0.29) is 12.3 Å². The van der Waals surface area contributed by atoms with Gasteiger partial charge in [0.15, 0.2) is 0 Å². The van der Waals surface area contributed by atoms with E-state index in [0.717, 1.165) is 33.5 Å². The fourth-order valence-electron chi connectivity index (χ4n) is 3.05. The van der Waals surface area contributed by atoms with Crippen molar-refractivity contribution in [2.45, 2.75) is 47.2 Å². The molecule has 7 nitrogen and oxygen atoms in total. The van der Waals surface area contributed by atoms with E-state index >= 15 is 0 Å². The molecule has 1 amide bonds. The van der Waals surface area contributed by atoms with Gasteiger partial charge in [-0.15, -0.1) is 5.10 Å². The van der Waals surface area contributed by atoms with Gasteiger partial charge in [0, 0.05) is 22.3 Å². The lowest BCUT2D eigenvalue weighted by molar-refractivity contribution is -0.115. The largest absolute Gasteiger partial charge is 0.293 e. The van der Waals surface area contributed by atoms with E-state index in [0.29, 0.717) is 18.4 Å². The molecule has 0 aliphatic rings. The third-order valence-electron chi connectivity index (χ3n) is 4.45. The Bertz CT molecular complexity index is 958. The maximum atomic E-state index is 12.5. The smallest absolute Gasteiger partial charge is 0.248 e. The lowest BCUT2D eigenvalue weighted by Gasteiger charge is -2.08. The first-order chi connectivity index (χ1) is 13.3. The Balaban J connectivity index is 1.62. The molecule has 28 heavy (non-hydrogen) atoms. The number of benzene rings is 1. The van der Waals surface area contributed by atoms with Crippen LogP contribution in [0, 0.1) is 19.8 Å². The van der Waals surface area contributed by atoms with E-state index in [1.807, 2.05) is 42.8 Å². The van der Waals surface area contributed by atoms with Gasteiger partial charge >= 0.3 is 0 Å². The number of aromatic nitrogens is 5. The van der Waals surface area contributed by atoms with Crippen LogP contribution < -0.4 is 5.32 Å². The summed E-state index contributed by atoms with van der Waals surface area (Å²) >= 11 is 3.42. The molecule has 3 aromatic rings. The number of anilines is 1. The standard InChI is InChI=1S/C20H25BrN6O/c1-13(2)10-27-15(4)18(14(3)24-27)9-19(28)23-20-22-12-26(25-20)11-16-5-7-17(21)8-6-16/h5-8,12-13H,9-11H2,1-4H3,(H,23,25,28). The number of carbonyl (C=O) groups excluding carboxylic acids is 1. The molecule has 3 rings (SSSR count). The van der Waals surface area contributed by atoms with Crippen molar-refractivity contribution in [3.05, 3.63) is 57.6 Å². The monoisotopic (exact) mass is 444 g/mol. The van der Waals surface area contributed by atoms with Gasteiger partial charge in [0.05, 0.1) is 18.7 Å². The number of nitrogens with one attached hydrogen (secondary N) is 1. The second-order valence-electron chi connectivity index (χ2n) is 7.34. The first-order valence-electron chi connectivity index (χ1n) is 9.28. The van der Waals surface area contributed by atoms with Crippen LogP contribution in [0.5, 0.6) is 0 Å². The van der Waals surface area contributed by atoms with Gasteiger partial charge in [0.25, 0.3) is 0 Å². The summed E-state index contributed by atoms with van der Waals surface area (Å²) < 4.78 is 4.72. The molecule has 2 aromatic heterocycles. The van der Waals surface area contributed by atoms with E-state index in [2.05, 4.69) is 50.3 Å². The molecule has 0 radical (unpaired) electrons. The fraction of sp³-hybridized carbons (Fsp3) is 0.400. The summed E-state index contributed by atoms with van der Waals surface area (Å²) in [5.74, 6) is 0.669. The number of aryl methyl sites for hydroxylation is 1. The summed E-state index contributed by atoms with van der Waals surface area (Å²) in [5, 5.41) is 11.7. The van der Waals surface area contributed by atoms with Gasteiger partial charge in [-0.05, 0) is 37.5 Å². The topological polar surface area (TPSA) is 77.6 Å². The summed E-state index contributed by atoms with van der Waals surface area (Å²) in [6, 6.07) is 8.01. The Morgan fingerprint density at radius 2 is 1.89 bits per heavy atom. The first-order valence-corrected chi connectivity index (χ1v) is 10.1. The molecule has 0 atom stereocenters.